The predicted molar refractivity (Wildman–Crippen MR) is 66.7 cm³/mol. The Morgan fingerprint density at radius 1 is 1.24 bits per heavy atom. The Labute approximate surface area is 103 Å². The maximum atomic E-state index is 8.97. The number of aryl methyl sites for hydroxylation is 2. The van der Waals surface area contributed by atoms with E-state index in [0.29, 0.717) is 13.1 Å². The molecule has 0 bridgehead atoms. The molecule has 1 aromatic rings. The van der Waals surface area contributed by atoms with Crippen molar-refractivity contribution in [3.05, 3.63) is 17.5 Å². The number of hydrogen-bond acceptors (Lipinski definition) is 4. The van der Waals surface area contributed by atoms with Crippen molar-refractivity contribution in [2.24, 2.45) is 0 Å². The molecule has 5 nitrogen and oxygen atoms in total. The van der Waals surface area contributed by atoms with Crippen LogP contribution in [0, 0.1) is 0 Å². The van der Waals surface area contributed by atoms with E-state index in [1.807, 2.05) is 9.58 Å². The molecule has 1 rings (SSSR count). The van der Waals surface area contributed by atoms with E-state index >= 15 is 0 Å². The first-order valence-electron chi connectivity index (χ1n) is 6.24. The van der Waals surface area contributed by atoms with Gasteiger partial charge in [0.1, 0.15) is 0 Å². The minimum Gasteiger partial charge on any atom is -0.395 e. The van der Waals surface area contributed by atoms with Gasteiger partial charge in [0, 0.05) is 26.2 Å². The van der Waals surface area contributed by atoms with Crippen LogP contribution >= 0.6 is 0 Å². The van der Waals surface area contributed by atoms with Crippen molar-refractivity contribution in [2.45, 2.75) is 33.4 Å². The largest absolute Gasteiger partial charge is 0.395 e. The summed E-state index contributed by atoms with van der Waals surface area (Å²) >= 11 is 0. The normalized spacial score (nSPS) is 11.4. The number of hydrogen-bond donors (Lipinski definition) is 2. The number of aliphatic hydroxyl groups is 2. The van der Waals surface area contributed by atoms with Crippen molar-refractivity contribution >= 4 is 0 Å². The summed E-state index contributed by atoms with van der Waals surface area (Å²) in [6.07, 6.45) is 0.931. The van der Waals surface area contributed by atoms with Crippen LogP contribution in [0.15, 0.2) is 6.07 Å². The average molecular weight is 241 g/mol. The molecule has 0 aliphatic heterocycles. The van der Waals surface area contributed by atoms with Gasteiger partial charge in [0.05, 0.1) is 24.6 Å². The smallest absolute Gasteiger partial charge is 0.0625 e. The van der Waals surface area contributed by atoms with E-state index in [2.05, 4.69) is 25.0 Å². The SMILES string of the molecule is CCc1cc(CN(CCO)CCO)n(CC)n1. The summed E-state index contributed by atoms with van der Waals surface area (Å²) in [5.41, 5.74) is 2.24. The summed E-state index contributed by atoms with van der Waals surface area (Å²) < 4.78 is 1.99. The lowest BCUT2D eigenvalue weighted by Gasteiger charge is -2.20. The molecule has 5 heteroatoms. The van der Waals surface area contributed by atoms with Gasteiger partial charge in [-0.05, 0) is 19.4 Å². The van der Waals surface area contributed by atoms with E-state index in [4.69, 9.17) is 10.2 Å². The molecule has 0 radical (unpaired) electrons. The van der Waals surface area contributed by atoms with Crippen LogP contribution in [0.5, 0.6) is 0 Å². The fraction of sp³-hybridized carbons (Fsp3) is 0.750. The van der Waals surface area contributed by atoms with E-state index in [-0.39, 0.29) is 13.2 Å². The lowest BCUT2D eigenvalue weighted by Crippen LogP contribution is -2.30. The van der Waals surface area contributed by atoms with Crippen LogP contribution < -0.4 is 0 Å². The molecule has 0 aromatic carbocycles. The quantitative estimate of drug-likeness (QED) is 0.685. The third kappa shape index (κ3) is 4.11. The van der Waals surface area contributed by atoms with Crippen molar-refractivity contribution in [1.82, 2.24) is 14.7 Å². The summed E-state index contributed by atoms with van der Waals surface area (Å²) in [7, 11) is 0. The molecule has 0 unspecified atom stereocenters. The first-order valence-corrected chi connectivity index (χ1v) is 6.24. The maximum absolute atomic E-state index is 8.97. The Hall–Kier alpha value is -0.910. The lowest BCUT2D eigenvalue weighted by molar-refractivity contribution is 0.153. The van der Waals surface area contributed by atoms with Crippen molar-refractivity contribution in [2.75, 3.05) is 26.3 Å². The minimum absolute atomic E-state index is 0.112. The van der Waals surface area contributed by atoms with Gasteiger partial charge in [-0.2, -0.15) is 5.10 Å². The second-order valence-corrected chi connectivity index (χ2v) is 4.02. The Morgan fingerprint density at radius 3 is 2.35 bits per heavy atom. The molecule has 0 saturated heterocycles. The van der Waals surface area contributed by atoms with Gasteiger partial charge in [0.25, 0.3) is 0 Å². The van der Waals surface area contributed by atoms with E-state index < -0.39 is 0 Å². The van der Waals surface area contributed by atoms with Gasteiger partial charge in [0.15, 0.2) is 0 Å². The summed E-state index contributed by atoms with van der Waals surface area (Å²) in [5, 5.41) is 22.4. The van der Waals surface area contributed by atoms with E-state index in [1.54, 1.807) is 0 Å². The fourth-order valence-corrected chi connectivity index (χ4v) is 1.87. The topological polar surface area (TPSA) is 61.5 Å². The Kier molecular flexibility index (Phi) is 6.18. The second kappa shape index (κ2) is 7.42. The molecule has 0 amide bonds. The molecular weight excluding hydrogens is 218 g/mol. The molecule has 0 saturated carbocycles. The summed E-state index contributed by atoms with van der Waals surface area (Å²) in [6.45, 7) is 7.11. The van der Waals surface area contributed by atoms with E-state index in [9.17, 15) is 0 Å². The Morgan fingerprint density at radius 2 is 1.88 bits per heavy atom. The highest BCUT2D eigenvalue weighted by atomic mass is 16.3. The zero-order valence-corrected chi connectivity index (χ0v) is 10.8. The Balaban J connectivity index is 2.72. The van der Waals surface area contributed by atoms with Crippen LogP contribution in [-0.2, 0) is 19.5 Å². The van der Waals surface area contributed by atoms with Crippen LogP contribution in [0.4, 0.5) is 0 Å². The minimum atomic E-state index is 0.112. The van der Waals surface area contributed by atoms with Gasteiger partial charge < -0.3 is 10.2 Å². The van der Waals surface area contributed by atoms with Crippen molar-refractivity contribution in [3.8, 4) is 0 Å². The molecule has 0 spiro atoms. The zero-order valence-electron chi connectivity index (χ0n) is 10.8. The van der Waals surface area contributed by atoms with Gasteiger partial charge >= 0.3 is 0 Å². The molecule has 98 valence electrons. The number of rotatable bonds is 8. The molecule has 0 atom stereocenters. The highest BCUT2D eigenvalue weighted by Crippen LogP contribution is 2.08. The van der Waals surface area contributed by atoms with Crippen LogP contribution in [0.1, 0.15) is 25.2 Å². The van der Waals surface area contributed by atoms with E-state index in [0.717, 1.165) is 30.9 Å². The van der Waals surface area contributed by atoms with Crippen molar-refractivity contribution in [3.63, 3.8) is 0 Å². The third-order valence-electron chi connectivity index (χ3n) is 2.79. The van der Waals surface area contributed by atoms with Crippen LogP contribution in [0.3, 0.4) is 0 Å². The van der Waals surface area contributed by atoms with Crippen LogP contribution in [0.25, 0.3) is 0 Å². The molecule has 0 aliphatic rings. The summed E-state index contributed by atoms with van der Waals surface area (Å²) in [5.74, 6) is 0. The molecule has 1 heterocycles. The first-order chi connectivity index (χ1) is 8.24. The molecule has 1 aromatic heterocycles. The second-order valence-electron chi connectivity index (χ2n) is 4.02. The van der Waals surface area contributed by atoms with Gasteiger partial charge in [-0.1, -0.05) is 6.92 Å². The number of aliphatic hydroxyl groups excluding tert-OH is 2. The zero-order chi connectivity index (χ0) is 12.7. The summed E-state index contributed by atoms with van der Waals surface area (Å²) in [4.78, 5) is 2.03. The average Bonchev–Trinajstić information content (AvgIpc) is 2.72. The fourth-order valence-electron chi connectivity index (χ4n) is 1.87. The van der Waals surface area contributed by atoms with Gasteiger partial charge in [-0.15, -0.1) is 0 Å². The monoisotopic (exact) mass is 241 g/mol. The van der Waals surface area contributed by atoms with Crippen LogP contribution in [-0.4, -0.2) is 51.2 Å². The number of aromatic nitrogens is 2. The van der Waals surface area contributed by atoms with E-state index in [1.165, 1.54) is 0 Å². The highest BCUT2D eigenvalue weighted by Gasteiger charge is 2.10. The van der Waals surface area contributed by atoms with Crippen LogP contribution in [0.2, 0.25) is 0 Å². The first kappa shape index (κ1) is 14.2. The molecule has 0 fully saturated rings. The maximum Gasteiger partial charge on any atom is 0.0625 e. The standard InChI is InChI=1S/C12H23N3O2/c1-3-11-9-12(15(4-2)13-11)10-14(5-7-16)6-8-17/h9,16-17H,3-8,10H2,1-2H3. The van der Waals surface area contributed by atoms with Crippen molar-refractivity contribution in [1.29, 1.82) is 0 Å². The molecular formula is C12H23N3O2. The number of nitrogens with zero attached hydrogens (tertiary/aromatic N) is 3. The lowest BCUT2D eigenvalue weighted by atomic mass is 10.3. The van der Waals surface area contributed by atoms with Gasteiger partial charge in [0.2, 0.25) is 0 Å². The summed E-state index contributed by atoms with van der Waals surface area (Å²) in [6, 6.07) is 2.10. The Bertz CT molecular complexity index is 320. The predicted octanol–water partition coefficient (Wildman–Crippen LogP) is 0.252. The highest BCUT2D eigenvalue weighted by molar-refractivity contribution is 5.10. The molecule has 2 N–H and O–H groups in total. The molecule has 0 aliphatic carbocycles. The van der Waals surface area contributed by atoms with Gasteiger partial charge in [-0.3, -0.25) is 9.58 Å². The van der Waals surface area contributed by atoms with Gasteiger partial charge in [-0.25, -0.2) is 0 Å². The van der Waals surface area contributed by atoms with Crippen molar-refractivity contribution < 1.29 is 10.2 Å². The third-order valence-corrected chi connectivity index (χ3v) is 2.79. The molecule has 17 heavy (non-hydrogen) atoms.